The molecule has 25 nitrogen and oxygen atoms in total. The van der Waals surface area contributed by atoms with Crippen LogP contribution in [0.25, 0.3) is 0 Å². The first-order valence-corrected chi connectivity index (χ1v) is 24.8. The molecular weight excluding hydrogens is 969 g/mol. The second kappa shape index (κ2) is 28.8. The number of nitrogens with one attached hydrogen (secondary N) is 4. The second-order valence-corrected chi connectivity index (χ2v) is 18.8. The van der Waals surface area contributed by atoms with Crippen molar-refractivity contribution in [2.75, 3.05) is 33.0 Å². The van der Waals surface area contributed by atoms with Gasteiger partial charge in [-0.3, -0.25) is 19.2 Å². The first kappa shape index (κ1) is 59.9. The molecule has 0 aliphatic carbocycles. The average Bonchev–Trinajstić information content (AvgIpc) is 3.35. The van der Waals surface area contributed by atoms with Gasteiger partial charge < -0.3 is 105 Å². The second-order valence-electron chi connectivity index (χ2n) is 18.8. The molecule has 4 aliphatic rings. The van der Waals surface area contributed by atoms with E-state index in [9.17, 15) is 70.2 Å². The van der Waals surface area contributed by atoms with Crippen molar-refractivity contribution < 1.29 is 103 Å². The van der Waals surface area contributed by atoms with E-state index in [0.717, 1.165) is 46.5 Å². The van der Waals surface area contributed by atoms with E-state index >= 15 is 0 Å². The van der Waals surface area contributed by atoms with Gasteiger partial charge in [-0.05, 0) is 43.9 Å². The first-order chi connectivity index (χ1) is 34.9. The third-order valence-electron chi connectivity index (χ3n) is 13.3. The van der Waals surface area contributed by atoms with E-state index in [1.54, 1.807) is 12.1 Å². The summed E-state index contributed by atoms with van der Waals surface area (Å²) in [5.41, 5.74) is 0.0840. The maximum atomic E-state index is 13.8. The number of rotatable bonds is 24. The predicted molar refractivity (Wildman–Crippen MR) is 252 cm³/mol. The minimum atomic E-state index is -1.93. The number of carbonyl (C=O) groups is 4. The van der Waals surface area contributed by atoms with Crippen LogP contribution in [0.5, 0.6) is 5.75 Å². The van der Waals surface area contributed by atoms with Crippen LogP contribution in [0.4, 0.5) is 0 Å². The van der Waals surface area contributed by atoms with Gasteiger partial charge in [-0.15, -0.1) is 0 Å². The van der Waals surface area contributed by atoms with E-state index in [1.165, 1.54) is 31.4 Å². The molecule has 1 aromatic carbocycles. The zero-order valence-corrected chi connectivity index (χ0v) is 41.5. The van der Waals surface area contributed by atoms with Crippen molar-refractivity contribution >= 4 is 23.6 Å². The molecule has 4 saturated heterocycles. The minimum absolute atomic E-state index is 0.0840. The molecule has 5 rings (SSSR count). The zero-order valence-electron chi connectivity index (χ0n) is 41.5. The van der Waals surface area contributed by atoms with Crippen molar-refractivity contribution in [3.05, 3.63) is 42.0 Å². The monoisotopic (exact) mass is 1040 g/mol. The number of aliphatic hydroxyl groups is 10. The van der Waals surface area contributed by atoms with Gasteiger partial charge in [-0.1, -0.05) is 44.4 Å². The Bertz CT molecular complexity index is 1940. The van der Waals surface area contributed by atoms with Crippen LogP contribution < -0.4 is 26.0 Å². The third-order valence-corrected chi connectivity index (χ3v) is 13.3. The van der Waals surface area contributed by atoms with Crippen LogP contribution in [0.3, 0.4) is 0 Å². The van der Waals surface area contributed by atoms with Crippen LogP contribution in [-0.2, 0) is 42.8 Å². The summed E-state index contributed by atoms with van der Waals surface area (Å²) in [6, 6.07) is -0.108. The lowest BCUT2D eigenvalue weighted by Crippen LogP contribution is -2.73. The SMILES string of the molecule is CCCCCC/C=C\CCCOc1cccc(C(=O)NC2C(OC3C(CO)OC(OC4C(CO)OC(C5C(CO)OC(O)C(NC(C)=O)C5O)C(NC(C)=O)C4O)C(NC(C)=O)C3O)OC(CO)C(O)C2O)c1. The van der Waals surface area contributed by atoms with Gasteiger partial charge in [0.2, 0.25) is 17.7 Å². The van der Waals surface area contributed by atoms with Crippen LogP contribution >= 0.6 is 0 Å². The summed E-state index contributed by atoms with van der Waals surface area (Å²) in [5.74, 6) is -3.95. The molecule has 73 heavy (non-hydrogen) atoms. The number of ether oxygens (including phenoxy) is 7. The number of amides is 4. The number of aliphatic hydroxyl groups excluding tert-OH is 10. The number of carbonyl (C=O) groups excluding carboxylic acids is 4. The molecule has 1 aromatic rings. The number of hydrogen-bond donors (Lipinski definition) is 14. The molecular formula is C48H76N4O21. The standard InChI is InChI=1S/C48H76N4O21/c1-5-6-7-8-9-10-11-12-13-17-67-27-16-14-15-26(18-27)45(65)52-35-39(62)37(60)29(20-54)70-47(35)73-43-31(22-56)71-48(36(41(43)64)51-25(4)59)72-42-30(21-55)68-44(33(40(42)63)49-23(2)57)32-28(19-53)69-46(66)34(38(32)61)50-24(3)58/h10-11,14-16,18,28-44,46-48,53-56,60-64,66H,5-9,12-13,17,19-22H2,1-4H3,(H,49,57)(H,50,58)(H,51,59)(H,52,65)/b11-10-. The number of hydrogen-bond acceptors (Lipinski definition) is 21. The predicted octanol–water partition coefficient (Wildman–Crippen LogP) is -3.92. The Morgan fingerprint density at radius 2 is 1.11 bits per heavy atom. The Balaban J connectivity index is 1.34. The van der Waals surface area contributed by atoms with E-state index in [2.05, 4.69) is 40.3 Å². The van der Waals surface area contributed by atoms with E-state index in [4.69, 9.17) is 33.2 Å². The largest absolute Gasteiger partial charge is 0.494 e. The zero-order chi connectivity index (χ0) is 53.5. The van der Waals surface area contributed by atoms with Crippen molar-refractivity contribution in [2.24, 2.45) is 5.92 Å². The molecule has 20 unspecified atom stereocenters. The van der Waals surface area contributed by atoms with E-state index in [-0.39, 0.29) is 5.56 Å². The fourth-order valence-electron chi connectivity index (χ4n) is 9.65. The van der Waals surface area contributed by atoms with E-state index in [1.807, 2.05) is 0 Å². The molecule has 25 heteroatoms. The highest BCUT2D eigenvalue weighted by Crippen LogP contribution is 2.38. The minimum Gasteiger partial charge on any atom is -0.494 e. The molecule has 4 aliphatic heterocycles. The highest BCUT2D eigenvalue weighted by molar-refractivity contribution is 5.94. The van der Waals surface area contributed by atoms with Crippen LogP contribution in [0.2, 0.25) is 0 Å². The van der Waals surface area contributed by atoms with Crippen molar-refractivity contribution in [1.82, 2.24) is 21.3 Å². The van der Waals surface area contributed by atoms with Crippen LogP contribution in [0, 0.1) is 5.92 Å². The molecule has 0 radical (unpaired) electrons. The number of unbranched alkanes of at least 4 members (excludes halogenated alkanes) is 5. The fourth-order valence-corrected chi connectivity index (χ4v) is 9.65. The van der Waals surface area contributed by atoms with E-state index in [0.29, 0.717) is 12.4 Å². The summed E-state index contributed by atoms with van der Waals surface area (Å²) < 4.78 is 41.8. The lowest BCUT2D eigenvalue weighted by Gasteiger charge is -2.53. The van der Waals surface area contributed by atoms with Gasteiger partial charge in [0.15, 0.2) is 18.9 Å². The molecule has 4 fully saturated rings. The quantitative estimate of drug-likeness (QED) is 0.0347. The fraction of sp³-hybridized carbons (Fsp3) is 0.750. The van der Waals surface area contributed by atoms with Crippen LogP contribution in [0.1, 0.15) is 83.0 Å². The van der Waals surface area contributed by atoms with Crippen molar-refractivity contribution in [2.45, 2.75) is 189 Å². The molecule has 4 amide bonds. The lowest BCUT2D eigenvalue weighted by atomic mass is 9.77. The maximum Gasteiger partial charge on any atom is 0.251 e. The molecule has 4 heterocycles. The topological polar surface area (TPSA) is 383 Å². The highest BCUT2D eigenvalue weighted by Gasteiger charge is 2.58. The van der Waals surface area contributed by atoms with Crippen molar-refractivity contribution in [3.63, 3.8) is 0 Å². The molecule has 414 valence electrons. The Labute approximate surface area is 423 Å². The molecule has 0 bridgehead atoms. The molecule has 0 saturated carbocycles. The third kappa shape index (κ3) is 15.6. The smallest absolute Gasteiger partial charge is 0.251 e. The van der Waals surface area contributed by atoms with Crippen LogP contribution in [-0.4, -0.2) is 224 Å². The number of allylic oxidation sites excluding steroid dienone is 2. The van der Waals surface area contributed by atoms with Gasteiger partial charge in [-0.25, -0.2) is 0 Å². The Morgan fingerprint density at radius 3 is 1.70 bits per heavy atom. The summed E-state index contributed by atoms with van der Waals surface area (Å²) in [5, 5.41) is 120. The van der Waals surface area contributed by atoms with Gasteiger partial charge in [0.05, 0.1) is 57.4 Å². The first-order valence-electron chi connectivity index (χ1n) is 24.8. The molecule has 14 N–H and O–H groups in total. The maximum absolute atomic E-state index is 13.8. The van der Waals surface area contributed by atoms with Gasteiger partial charge in [-0.2, -0.15) is 0 Å². The summed E-state index contributed by atoms with van der Waals surface area (Å²) in [7, 11) is 0. The highest BCUT2D eigenvalue weighted by atomic mass is 16.7. The molecule has 0 spiro atoms. The molecule has 20 atom stereocenters. The van der Waals surface area contributed by atoms with Gasteiger partial charge in [0.25, 0.3) is 5.91 Å². The Hall–Kier alpha value is -4.00. The lowest BCUT2D eigenvalue weighted by molar-refractivity contribution is -0.349. The van der Waals surface area contributed by atoms with Crippen LogP contribution in [0.15, 0.2) is 36.4 Å². The molecule has 0 aromatic heterocycles. The summed E-state index contributed by atoms with van der Waals surface area (Å²) in [6.45, 7) is 2.30. The summed E-state index contributed by atoms with van der Waals surface area (Å²) in [4.78, 5) is 51.1. The van der Waals surface area contributed by atoms with E-state index < -0.39 is 172 Å². The Kier molecular flexibility index (Phi) is 23.6. The number of benzene rings is 1. The van der Waals surface area contributed by atoms with Crippen molar-refractivity contribution in [1.29, 1.82) is 0 Å². The summed E-state index contributed by atoms with van der Waals surface area (Å²) >= 11 is 0. The average molecular weight is 1050 g/mol. The van der Waals surface area contributed by atoms with Gasteiger partial charge >= 0.3 is 0 Å². The normalized spacial score (nSPS) is 36.8. The summed E-state index contributed by atoms with van der Waals surface area (Å²) in [6.07, 6.45) is -14.1. The Morgan fingerprint density at radius 1 is 0.575 bits per heavy atom. The van der Waals surface area contributed by atoms with Gasteiger partial charge in [0, 0.05) is 32.3 Å². The van der Waals surface area contributed by atoms with Gasteiger partial charge in [0.1, 0.15) is 78.8 Å². The van der Waals surface area contributed by atoms with Crippen molar-refractivity contribution in [3.8, 4) is 5.75 Å².